The van der Waals surface area contributed by atoms with E-state index in [-0.39, 0.29) is 10.8 Å². The van der Waals surface area contributed by atoms with Crippen LogP contribution in [0.15, 0.2) is 60.7 Å². The van der Waals surface area contributed by atoms with Crippen LogP contribution in [-0.2, 0) is 10.8 Å². The Morgan fingerprint density at radius 2 is 1.00 bits per heavy atom. The van der Waals surface area contributed by atoms with Crippen LogP contribution in [0.4, 0.5) is 0 Å². The molecule has 0 spiro atoms. The fourth-order valence-corrected chi connectivity index (χ4v) is 3.88. The minimum atomic E-state index is -0.290. The van der Waals surface area contributed by atoms with Gasteiger partial charge in [-0.2, -0.15) is 0 Å². The molecule has 0 unspecified atom stereocenters. The van der Waals surface area contributed by atoms with E-state index in [1.807, 2.05) is 6.92 Å². The highest BCUT2D eigenvalue weighted by molar-refractivity contribution is 5.54. The van der Waals surface area contributed by atoms with Gasteiger partial charge in [-0.25, -0.2) is 0 Å². The van der Waals surface area contributed by atoms with Gasteiger partial charge in [0.05, 0.1) is 0 Å². The lowest BCUT2D eigenvalue weighted by Gasteiger charge is -2.32. The van der Waals surface area contributed by atoms with Crippen molar-refractivity contribution < 1.29 is 5.11 Å². The summed E-state index contributed by atoms with van der Waals surface area (Å²) in [6.07, 6.45) is 0. The smallest absolute Gasteiger partial charge is 0.122 e. The first-order valence-electron chi connectivity index (χ1n) is 10.0. The zero-order chi connectivity index (χ0) is 20.7. The van der Waals surface area contributed by atoms with E-state index in [0.29, 0.717) is 5.75 Å². The highest BCUT2D eigenvalue weighted by Gasteiger charge is 2.31. The van der Waals surface area contributed by atoms with Crippen LogP contribution in [0.3, 0.4) is 0 Å². The van der Waals surface area contributed by atoms with Gasteiger partial charge in [-0.1, -0.05) is 99.5 Å². The maximum Gasteiger partial charge on any atom is 0.122 e. The van der Waals surface area contributed by atoms with Crippen LogP contribution in [0.2, 0.25) is 0 Å². The summed E-state index contributed by atoms with van der Waals surface area (Å²) < 4.78 is 0. The molecule has 0 atom stereocenters. The van der Waals surface area contributed by atoms with Crippen molar-refractivity contribution in [3.05, 3.63) is 99.6 Å². The van der Waals surface area contributed by atoms with Gasteiger partial charge in [-0.15, -0.1) is 0 Å². The Labute approximate surface area is 170 Å². The maximum absolute atomic E-state index is 10.9. The van der Waals surface area contributed by atoms with Gasteiger partial charge in [0.25, 0.3) is 0 Å². The van der Waals surface area contributed by atoms with E-state index in [1.165, 1.54) is 27.8 Å². The van der Waals surface area contributed by atoms with Crippen molar-refractivity contribution in [2.75, 3.05) is 0 Å². The van der Waals surface area contributed by atoms with Gasteiger partial charge in [0.15, 0.2) is 0 Å². The van der Waals surface area contributed by atoms with Crippen molar-refractivity contribution in [1.82, 2.24) is 0 Å². The van der Waals surface area contributed by atoms with E-state index in [0.717, 1.165) is 11.1 Å². The average Bonchev–Trinajstić information content (AvgIpc) is 2.64. The summed E-state index contributed by atoms with van der Waals surface area (Å²) in [5, 5.41) is 10.9. The third-order valence-electron chi connectivity index (χ3n) is 6.24. The molecular weight excluding hydrogens is 340 g/mol. The second kappa shape index (κ2) is 7.13. The molecule has 0 aliphatic rings. The Balaban J connectivity index is 2.15. The average molecular weight is 373 g/mol. The number of phenolic OH excluding ortho intramolecular Hbond substituents is 1. The van der Waals surface area contributed by atoms with Crippen molar-refractivity contribution in [2.24, 2.45) is 0 Å². The largest absolute Gasteiger partial charge is 0.507 e. The van der Waals surface area contributed by atoms with Crippen LogP contribution >= 0.6 is 0 Å². The first-order valence-corrected chi connectivity index (χ1v) is 10.0. The summed E-state index contributed by atoms with van der Waals surface area (Å²) in [6, 6.07) is 21.7. The molecule has 0 fully saturated rings. The lowest BCUT2D eigenvalue weighted by atomic mass is 9.72. The fourth-order valence-electron chi connectivity index (χ4n) is 3.88. The predicted octanol–water partition coefficient (Wildman–Crippen LogP) is 6.97. The standard InChI is InChI=1S/C27H32O/c1-18-8-12-21(13-9-18)26(4,5)23-16-20(3)25(28)24(17-23)27(6,7)22-14-10-19(2)11-15-22/h8-17,28H,1-7H3. The van der Waals surface area contributed by atoms with Crippen LogP contribution in [0.25, 0.3) is 0 Å². The SMILES string of the molecule is Cc1ccc(C(C)(C)c2cc(C)c(O)c(C(C)(C)c3ccc(C)cc3)c2)cc1. The molecule has 1 nitrogen and oxygen atoms in total. The Kier molecular flexibility index (Phi) is 5.14. The molecule has 3 aromatic rings. The molecule has 1 heteroatoms. The number of aryl methyl sites for hydroxylation is 3. The van der Waals surface area contributed by atoms with Gasteiger partial charge in [0, 0.05) is 16.4 Å². The Bertz CT molecular complexity index is 974. The third kappa shape index (κ3) is 3.58. The van der Waals surface area contributed by atoms with Crippen LogP contribution < -0.4 is 0 Å². The molecule has 3 rings (SSSR count). The minimum absolute atomic E-state index is 0.149. The quantitative estimate of drug-likeness (QED) is 0.524. The Morgan fingerprint density at radius 1 is 0.571 bits per heavy atom. The van der Waals surface area contributed by atoms with Gasteiger partial charge in [0.1, 0.15) is 5.75 Å². The van der Waals surface area contributed by atoms with E-state index < -0.39 is 0 Å². The van der Waals surface area contributed by atoms with Crippen LogP contribution in [0, 0.1) is 20.8 Å². The molecule has 0 saturated heterocycles. The number of aromatic hydroxyl groups is 1. The lowest BCUT2D eigenvalue weighted by molar-refractivity contribution is 0.447. The number of rotatable bonds is 4. The molecule has 0 aromatic heterocycles. The number of benzene rings is 3. The molecule has 146 valence electrons. The van der Waals surface area contributed by atoms with E-state index >= 15 is 0 Å². The fraction of sp³-hybridized carbons (Fsp3) is 0.333. The summed E-state index contributed by atoms with van der Waals surface area (Å²) in [4.78, 5) is 0. The normalized spacial score (nSPS) is 12.2. The zero-order valence-electron chi connectivity index (χ0n) is 18.2. The van der Waals surface area contributed by atoms with Gasteiger partial charge >= 0.3 is 0 Å². The van der Waals surface area contributed by atoms with Crippen molar-refractivity contribution in [1.29, 1.82) is 0 Å². The molecule has 0 aliphatic heterocycles. The minimum Gasteiger partial charge on any atom is -0.507 e. The van der Waals surface area contributed by atoms with Crippen molar-refractivity contribution in [3.63, 3.8) is 0 Å². The summed E-state index contributed by atoms with van der Waals surface area (Å²) in [6.45, 7) is 15.1. The molecular formula is C27H32O. The second-order valence-corrected chi connectivity index (χ2v) is 9.17. The van der Waals surface area contributed by atoms with Gasteiger partial charge in [-0.05, 0) is 43.0 Å². The zero-order valence-corrected chi connectivity index (χ0v) is 18.2. The van der Waals surface area contributed by atoms with E-state index in [2.05, 4.69) is 102 Å². The molecule has 1 N–H and O–H groups in total. The highest BCUT2D eigenvalue weighted by Crippen LogP contribution is 2.42. The van der Waals surface area contributed by atoms with E-state index in [1.54, 1.807) is 0 Å². The summed E-state index contributed by atoms with van der Waals surface area (Å²) in [5.74, 6) is 0.397. The Hall–Kier alpha value is -2.54. The van der Waals surface area contributed by atoms with E-state index in [4.69, 9.17) is 0 Å². The van der Waals surface area contributed by atoms with Crippen LogP contribution in [-0.4, -0.2) is 5.11 Å². The molecule has 0 amide bonds. The Morgan fingerprint density at radius 3 is 1.46 bits per heavy atom. The topological polar surface area (TPSA) is 20.2 Å². The van der Waals surface area contributed by atoms with Gasteiger partial charge < -0.3 is 5.11 Å². The summed E-state index contributed by atoms with van der Waals surface area (Å²) >= 11 is 0. The molecule has 0 aliphatic carbocycles. The van der Waals surface area contributed by atoms with Crippen molar-refractivity contribution in [2.45, 2.75) is 59.3 Å². The second-order valence-electron chi connectivity index (χ2n) is 9.17. The van der Waals surface area contributed by atoms with Crippen LogP contribution in [0.5, 0.6) is 5.75 Å². The monoisotopic (exact) mass is 372 g/mol. The van der Waals surface area contributed by atoms with Gasteiger partial charge in [0.2, 0.25) is 0 Å². The summed E-state index contributed by atoms with van der Waals surface area (Å²) in [5.41, 5.74) is 7.69. The first-order chi connectivity index (χ1) is 13.0. The first kappa shape index (κ1) is 20.2. The number of phenols is 1. The number of hydrogen-bond donors (Lipinski definition) is 1. The molecule has 0 saturated carbocycles. The predicted molar refractivity (Wildman–Crippen MR) is 119 cm³/mol. The molecule has 0 bridgehead atoms. The molecule has 28 heavy (non-hydrogen) atoms. The van der Waals surface area contributed by atoms with Crippen LogP contribution in [0.1, 0.15) is 66.6 Å². The number of hydrogen-bond acceptors (Lipinski definition) is 1. The highest BCUT2D eigenvalue weighted by atomic mass is 16.3. The third-order valence-corrected chi connectivity index (χ3v) is 6.24. The molecule has 3 aromatic carbocycles. The molecule has 0 radical (unpaired) electrons. The maximum atomic E-state index is 10.9. The van der Waals surface area contributed by atoms with Crippen molar-refractivity contribution >= 4 is 0 Å². The van der Waals surface area contributed by atoms with Gasteiger partial charge in [-0.3, -0.25) is 0 Å². The van der Waals surface area contributed by atoms with Crippen molar-refractivity contribution in [3.8, 4) is 5.75 Å². The lowest BCUT2D eigenvalue weighted by Crippen LogP contribution is -2.23. The summed E-state index contributed by atoms with van der Waals surface area (Å²) in [7, 11) is 0. The van der Waals surface area contributed by atoms with E-state index in [9.17, 15) is 5.11 Å². The molecule has 0 heterocycles.